The Bertz CT molecular complexity index is 431. The molecule has 1 aliphatic heterocycles. The summed E-state index contributed by atoms with van der Waals surface area (Å²) in [4.78, 5) is 13.4. The van der Waals surface area contributed by atoms with Crippen molar-refractivity contribution in [2.24, 2.45) is 0 Å². The number of rotatable bonds is 5. The van der Waals surface area contributed by atoms with Gasteiger partial charge in [0.1, 0.15) is 0 Å². The van der Waals surface area contributed by atoms with Crippen LogP contribution in [0.3, 0.4) is 0 Å². The molecule has 1 unspecified atom stereocenters. The van der Waals surface area contributed by atoms with E-state index in [4.69, 9.17) is 0 Å². The molecule has 0 radical (unpaired) electrons. The molecule has 1 aromatic heterocycles. The first-order valence-corrected chi connectivity index (χ1v) is 7.34. The van der Waals surface area contributed by atoms with E-state index in [2.05, 4.69) is 29.0 Å². The van der Waals surface area contributed by atoms with Crippen molar-refractivity contribution in [3.8, 4) is 0 Å². The summed E-state index contributed by atoms with van der Waals surface area (Å²) >= 11 is 1.71. The summed E-state index contributed by atoms with van der Waals surface area (Å²) in [5.74, 6) is 0.0818. The second-order valence-electron chi connectivity index (χ2n) is 4.66. The molecule has 0 saturated carbocycles. The smallest absolute Gasteiger partial charge is 0.247 e. The molecule has 2 N–H and O–H groups in total. The number of carbonyl (C=O) groups is 1. The standard InChI is InChI=1S/C14H20N2OS/c1-3-5-12(13-6-4-7-18-13)16-14(17)10(2)11-8-15-9-11/h4,6-7,12,15H,3,5,8-9H2,1-2H3,(H,16,17). The quantitative estimate of drug-likeness (QED) is 0.803. The molecule has 1 amide bonds. The predicted octanol–water partition coefficient (Wildman–Crippen LogP) is 2.63. The van der Waals surface area contributed by atoms with Gasteiger partial charge in [-0.05, 0) is 30.4 Å². The fraction of sp³-hybridized carbons (Fsp3) is 0.500. The molecule has 1 fully saturated rings. The Morgan fingerprint density at radius 3 is 2.83 bits per heavy atom. The average Bonchev–Trinajstić information content (AvgIpc) is 2.79. The lowest BCUT2D eigenvalue weighted by Crippen LogP contribution is -2.38. The molecule has 1 aromatic rings. The summed E-state index contributed by atoms with van der Waals surface area (Å²) in [6, 6.07) is 4.29. The van der Waals surface area contributed by atoms with E-state index in [1.165, 1.54) is 10.5 Å². The lowest BCUT2D eigenvalue weighted by Gasteiger charge is -2.23. The van der Waals surface area contributed by atoms with Gasteiger partial charge >= 0.3 is 0 Å². The zero-order chi connectivity index (χ0) is 13.0. The van der Waals surface area contributed by atoms with E-state index in [1.54, 1.807) is 11.3 Å². The van der Waals surface area contributed by atoms with Crippen LogP contribution in [0.2, 0.25) is 0 Å². The van der Waals surface area contributed by atoms with Gasteiger partial charge in [0.05, 0.1) is 6.04 Å². The molecular weight excluding hydrogens is 244 g/mol. The van der Waals surface area contributed by atoms with Crippen molar-refractivity contribution in [2.45, 2.75) is 32.7 Å². The molecule has 0 aliphatic carbocycles. The van der Waals surface area contributed by atoms with Crippen LogP contribution in [0, 0.1) is 0 Å². The summed E-state index contributed by atoms with van der Waals surface area (Å²) in [6.07, 6.45) is 2.06. The zero-order valence-electron chi connectivity index (χ0n) is 11.0. The average molecular weight is 264 g/mol. The maximum atomic E-state index is 12.2. The molecule has 18 heavy (non-hydrogen) atoms. The Labute approximate surface area is 112 Å². The van der Waals surface area contributed by atoms with Crippen molar-refractivity contribution < 1.29 is 4.79 Å². The number of hydrogen-bond acceptors (Lipinski definition) is 3. The maximum Gasteiger partial charge on any atom is 0.247 e. The van der Waals surface area contributed by atoms with E-state index in [9.17, 15) is 4.79 Å². The minimum Gasteiger partial charge on any atom is -0.345 e. The van der Waals surface area contributed by atoms with E-state index in [0.717, 1.165) is 31.5 Å². The summed E-state index contributed by atoms with van der Waals surface area (Å²) in [6.45, 7) is 5.78. The van der Waals surface area contributed by atoms with E-state index in [0.29, 0.717) is 0 Å². The highest BCUT2D eigenvalue weighted by Gasteiger charge is 2.19. The summed E-state index contributed by atoms with van der Waals surface area (Å²) in [7, 11) is 0. The number of carbonyl (C=O) groups excluding carboxylic acids is 1. The molecule has 0 bridgehead atoms. The van der Waals surface area contributed by atoms with Crippen LogP contribution in [0.4, 0.5) is 0 Å². The topological polar surface area (TPSA) is 41.1 Å². The van der Waals surface area contributed by atoms with Crippen LogP contribution < -0.4 is 10.6 Å². The third kappa shape index (κ3) is 3.00. The largest absolute Gasteiger partial charge is 0.345 e. The summed E-state index contributed by atoms with van der Waals surface area (Å²) in [5.41, 5.74) is 2.11. The van der Waals surface area contributed by atoms with Gasteiger partial charge in [-0.2, -0.15) is 0 Å². The second-order valence-corrected chi connectivity index (χ2v) is 5.64. The first-order valence-electron chi connectivity index (χ1n) is 6.46. The van der Waals surface area contributed by atoms with Crippen molar-refractivity contribution >= 4 is 17.2 Å². The molecule has 1 atom stereocenters. The lowest BCUT2D eigenvalue weighted by molar-refractivity contribution is -0.118. The molecule has 0 aromatic carbocycles. The van der Waals surface area contributed by atoms with Gasteiger partial charge in [0.15, 0.2) is 0 Å². The van der Waals surface area contributed by atoms with E-state index >= 15 is 0 Å². The highest BCUT2D eigenvalue weighted by molar-refractivity contribution is 7.10. The van der Waals surface area contributed by atoms with Crippen molar-refractivity contribution in [1.29, 1.82) is 0 Å². The van der Waals surface area contributed by atoms with Crippen molar-refractivity contribution in [1.82, 2.24) is 10.6 Å². The zero-order valence-corrected chi connectivity index (χ0v) is 11.8. The normalized spacial score (nSPS) is 16.0. The number of thiophene rings is 1. The van der Waals surface area contributed by atoms with Crippen LogP contribution in [-0.4, -0.2) is 19.0 Å². The minimum atomic E-state index is 0.0818. The van der Waals surface area contributed by atoms with Gasteiger partial charge in [-0.3, -0.25) is 4.79 Å². The van der Waals surface area contributed by atoms with Gasteiger partial charge in [0.25, 0.3) is 0 Å². The van der Waals surface area contributed by atoms with Gasteiger partial charge in [-0.1, -0.05) is 19.4 Å². The van der Waals surface area contributed by atoms with Gasteiger partial charge in [0.2, 0.25) is 5.91 Å². The van der Waals surface area contributed by atoms with Crippen LogP contribution >= 0.6 is 11.3 Å². The number of amides is 1. The molecular formula is C14H20N2OS. The Morgan fingerprint density at radius 1 is 1.56 bits per heavy atom. The maximum absolute atomic E-state index is 12.2. The molecule has 1 aliphatic rings. The van der Waals surface area contributed by atoms with Crippen molar-refractivity contribution in [3.05, 3.63) is 33.5 Å². The van der Waals surface area contributed by atoms with Gasteiger partial charge < -0.3 is 10.6 Å². The van der Waals surface area contributed by atoms with E-state index in [-0.39, 0.29) is 11.9 Å². The van der Waals surface area contributed by atoms with E-state index in [1.807, 2.05) is 13.0 Å². The third-order valence-corrected chi connectivity index (χ3v) is 4.30. The van der Waals surface area contributed by atoms with Crippen LogP contribution in [0.1, 0.15) is 37.6 Å². The molecule has 0 spiro atoms. The summed E-state index contributed by atoms with van der Waals surface area (Å²) in [5, 5.41) is 8.38. The monoisotopic (exact) mass is 264 g/mol. The third-order valence-electron chi connectivity index (χ3n) is 3.32. The highest BCUT2D eigenvalue weighted by atomic mass is 32.1. The van der Waals surface area contributed by atoms with Crippen molar-refractivity contribution in [3.63, 3.8) is 0 Å². The molecule has 3 nitrogen and oxygen atoms in total. The SMILES string of the molecule is CCCC(NC(=O)C(C)=C1CNC1)c1cccs1. The van der Waals surface area contributed by atoms with E-state index < -0.39 is 0 Å². The minimum absolute atomic E-state index is 0.0818. The highest BCUT2D eigenvalue weighted by Crippen LogP contribution is 2.24. The number of nitrogens with one attached hydrogen (secondary N) is 2. The van der Waals surface area contributed by atoms with Crippen LogP contribution in [0.15, 0.2) is 28.7 Å². The first-order chi connectivity index (χ1) is 8.72. The Hall–Kier alpha value is -1.13. The van der Waals surface area contributed by atoms with Crippen LogP contribution in [0.5, 0.6) is 0 Å². The predicted molar refractivity (Wildman–Crippen MR) is 75.7 cm³/mol. The Balaban J connectivity index is 2.03. The Kier molecular flexibility index (Phi) is 4.55. The van der Waals surface area contributed by atoms with Crippen LogP contribution in [-0.2, 0) is 4.79 Å². The lowest BCUT2D eigenvalue weighted by atomic mass is 10.0. The van der Waals surface area contributed by atoms with Crippen LogP contribution in [0.25, 0.3) is 0 Å². The fourth-order valence-corrected chi connectivity index (χ4v) is 2.82. The van der Waals surface area contributed by atoms with Gasteiger partial charge in [-0.15, -0.1) is 11.3 Å². The van der Waals surface area contributed by atoms with Gasteiger partial charge in [0, 0.05) is 23.5 Å². The Morgan fingerprint density at radius 2 is 2.33 bits per heavy atom. The molecule has 1 saturated heterocycles. The first kappa shape index (κ1) is 13.3. The van der Waals surface area contributed by atoms with Gasteiger partial charge in [-0.25, -0.2) is 0 Å². The molecule has 98 valence electrons. The fourth-order valence-electron chi connectivity index (χ4n) is 2.01. The summed E-state index contributed by atoms with van der Waals surface area (Å²) < 4.78 is 0. The van der Waals surface area contributed by atoms with Crippen molar-refractivity contribution in [2.75, 3.05) is 13.1 Å². The number of hydrogen-bond donors (Lipinski definition) is 2. The molecule has 2 heterocycles. The second kappa shape index (κ2) is 6.16. The molecule has 2 rings (SSSR count). The molecule has 4 heteroatoms.